The molecule has 0 spiro atoms. The van der Waals surface area contributed by atoms with Crippen molar-refractivity contribution in [2.45, 2.75) is 117 Å². The number of furan rings is 2. The van der Waals surface area contributed by atoms with Crippen molar-refractivity contribution in [2.75, 3.05) is 27.3 Å². The summed E-state index contributed by atoms with van der Waals surface area (Å²) in [6.07, 6.45) is 9.97. The SMILES string of the molecule is CC(C)COC(=O)Cl.CNC(=O)[C@@H](NC(=O)c1ccc(-c2cccc(CN)c2)o1)C1CCCCC1.CNC(=O)[C@@H](NC(=O)c1ccc(-c2cccc(CNC(=O)OCC(C)C)c2)o1)C1CCCCC1. The summed E-state index contributed by atoms with van der Waals surface area (Å²) in [6.45, 7) is 9.37. The molecule has 7 N–H and O–H groups in total. The Bertz CT molecular complexity index is 2260. The van der Waals surface area contributed by atoms with Gasteiger partial charge in [-0.1, -0.05) is 103 Å². The Kier molecular flexibility index (Phi) is 23.3. The number of carbonyl (C=O) groups excluding carboxylic acids is 6. The van der Waals surface area contributed by atoms with Gasteiger partial charge in [0.2, 0.25) is 11.8 Å². The minimum Gasteiger partial charge on any atom is -0.453 e. The Morgan fingerprint density at radius 3 is 1.46 bits per heavy atom. The van der Waals surface area contributed by atoms with Crippen molar-refractivity contribution in [1.82, 2.24) is 26.6 Å². The maximum Gasteiger partial charge on any atom is 0.407 e. The highest BCUT2D eigenvalue weighted by atomic mass is 35.5. The third-order valence-electron chi connectivity index (χ3n) is 11.7. The van der Waals surface area contributed by atoms with Gasteiger partial charge in [0.25, 0.3) is 11.8 Å². The molecule has 2 aromatic carbocycles. The molecule has 0 saturated heterocycles. The van der Waals surface area contributed by atoms with Crippen LogP contribution >= 0.6 is 11.6 Å². The minimum absolute atomic E-state index is 0.128. The first-order valence-electron chi connectivity index (χ1n) is 24.0. The van der Waals surface area contributed by atoms with Crippen LogP contribution in [0, 0.1) is 23.7 Å². The van der Waals surface area contributed by atoms with Crippen molar-refractivity contribution in [3.63, 3.8) is 0 Å². The Hall–Kier alpha value is -6.13. The van der Waals surface area contributed by atoms with Crippen LogP contribution in [0.1, 0.15) is 124 Å². The van der Waals surface area contributed by atoms with Crippen LogP contribution in [0.3, 0.4) is 0 Å². The molecule has 69 heavy (non-hydrogen) atoms. The minimum atomic E-state index is -0.723. The van der Waals surface area contributed by atoms with Gasteiger partial charge in [-0.3, -0.25) is 19.2 Å². The Morgan fingerprint density at radius 2 is 1.06 bits per heavy atom. The number of nitrogens with two attached hydrogens (primary N) is 1. The normalized spacial score (nSPS) is 14.7. The van der Waals surface area contributed by atoms with E-state index in [9.17, 15) is 28.8 Å². The largest absolute Gasteiger partial charge is 0.453 e. The lowest BCUT2D eigenvalue weighted by atomic mass is 9.83. The van der Waals surface area contributed by atoms with E-state index in [4.69, 9.17) is 30.9 Å². The zero-order valence-corrected chi connectivity index (χ0v) is 41.6. The number of halogens is 1. The van der Waals surface area contributed by atoms with Gasteiger partial charge < -0.3 is 50.6 Å². The van der Waals surface area contributed by atoms with Crippen molar-refractivity contribution in [1.29, 1.82) is 0 Å². The van der Waals surface area contributed by atoms with Crippen LogP contribution in [0.25, 0.3) is 22.6 Å². The number of amides is 5. The van der Waals surface area contributed by atoms with Gasteiger partial charge in [-0.2, -0.15) is 0 Å². The van der Waals surface area contributed by atoms with Gasteiger partial charge in [-0.25, -0.2) is 9.59 Å². The number of benzene rings is 2. The molecule has 5 amide bonds. The van der Waals surface area contributed by atoms with E-state index in [-0.39, 0.29) is 47.0 Å². The van der Waals surface area contributed by atoms with Crippen LogP contribution < -0.4 is 32.3 Å². The number of ether oxygens (including phenoxy) is 2. The molecule has 2 fully saturated rings. The Labute approximate surface area is 410 Å². The van der Waals surface area contributed by atoms with Crippen LogP contribution in [-0.4, -0.2) is 74.5 Å². The molecular weight excluding hydrogens is 904 g/mol. The van der Waals surface area contributed by atoms with Crippen LogP contribution in [0.15, 0.2) is 81.6 Å². The molecule has 0 unspecified atom stereocenters. The summed E-state index contributed by atoms with van der Waals surface area (Å²) in [7, 11) is 3.18. The second kappa shape index (κ2) is 29.0. The van der Waals surface area contributed by atoms with Gasteiger partial charge in [-0.05, 0) is 96.9 Å². The first-order chi connectivity index (χ1) is 33.1. The summed E-state index contributed by atoms with van der Waals surface area (Å²) in [6, 6.07) is 20.9. The molecule has 2 atom stereocenters. The summed E-state index contributed by atoms with van der Waals surface area (Å²) in [5, 5.41) is 13.8. The molecule has 0 aliphatic heterocycles. The average Bonchev–Trinajstić information content (AvgIpc) is 4.08. The smallest absolute Gasteiger partial charge is 0.407 e. The van der Waals surface area contributed by atoms with E-state index in [1.54, 1.807) is 38.4 Å². The molecule has 2 saturated carbocycles. The third-order valence-corrected chi connectivity index (χ3v) is 11.8. The van der Waals surface area contributed by atoms with Crippen molar-refractivity contribution in [3.05, 3.63) is 95.4 Å². The summed E-state index contributed by atoms with van der Waals surface area (Å²) >= 11 is 4.86. The molecule has 16 nitrogen and oxygen atoms in total. The summed E-state index contributed by atoms with van der Waals surface area (Å²) in [5.74, 6) is 1.30. The van der Waals surface area contributed by atoms with Crippen LogP contribution in [0.2, 0.25) is 0 Å². The number of alkyl carbamates (subject to hydrolysis) is 1. The molecule has 2 heterocycles. The standard InChI is InChI=1S/C26H35N3O5.C21H27N3O3.C5H9ClO2/c1-17(2)16-33-26(32)28-15-18-8-7-11-20(14-18)21-12-13-22(34-21)24(30)29-23(25(31)27-3)19-9-5-4-6-10-19;1-23-21(26)19(15-7-3-2-4-8-15)24-20(25)18-11-10-17(27-18)16-9-5-6-14(12-16)13-22;1-4(2)3-8-5(6)7/h7-8,11-14,17,19,23H,4-6,9-10,15-16H2,1-3H3,(H,27,31)(H,28,32)(H,29,30);5-6,9-12,15,19H,2-4,7-8,13,22H2,1H3,(H,23,26)(H,24,25);4H,3H2,1-2H3/t23-;19-;/m00./s1. The van der Waals surface area contributed by atoms with E-state index in [0.29, 0.717) is 43.7 Å². The summed E-state index contributed by atoms with van der Waals surface area (Å²) < 4.78 is 21.1. The average molecular weight is 976 g/mol. The molecule has 2 aliphatic rings. The van der Waals surface area contributed by atoms with E-state index in [1.807, 2.05) is 76.2 Å². The summed E-state index contributed by atoms with van der Waals surface area (Å²) in [5.41, 5.74) is 8.48. The van der Waals surface area contributed by atoms with Gasteiger partial charge in [0.1, 0.15) is 23.6 Å². The van der Waals surface area contributed by atoms with Crippen LogP contribution in [0.4, 0.5) is 9.59 Å². The van der Waals surface area contributed by atoms with Crippen molar-refractivity contribution < 1.29 is 47.1 Å². The molecule has 6 rings (SSSR count). The first kappa shape index (κ1) is 55.5. The summed E-state index contributed by atoms with van der Waals surface area (Å²) in [4.78, 5) is 72.0. The van der Waals surface area contributed by atoms with Crippen molar-refractivity contribution in [2.24, 2.45) is 29.4 Å². The predicted octanol–water partition coefficient (Wildman–Crippen LogP) is 9.10. The topological polar surface area (TPSA) is 233 Å². The monoisotopic (exact) mass is 974 g/mol. The fourth-order valence-electron chi connectivity index (χ4n) is 8.08. The molecule has 4 aromatic rings. The number of hydrogen-bond donors (Lipinski definition) is 6. The fourth-order valence-corrected chi connectivity index (χ4v) is 8.14. The highest BCUT2D eigenvalue weighted by molar-refractivity contribution is 6.61. The third kappa shape index (κ3) is 18.7. The van der Waals surface area contributed by atoms with Gasteiger partial charge in [0, 0.05) is 49.9 Å². The second-order valence-electron chi connectivity index (χ2n) is 18.1. The highest BCUT2D eigenvalue weighted by Crippen LogP contribution is 2.30. The maximum absolute atomic E-state index is 12.9. The van der Waals surface area contributed by atoms with Crippen LogP contribution in [0.5, 0.6) is 0 Å². The number of hydrogen-bond acceptors (Lipinski definition) is 11. The van der Waals surface area contributed by atoms with E-state index in [1.165, 1.54) is 12.8 Å². The molecular formula is C52H71ClN6O10. The molecule has 17 heteroatoms. The molecule has 2 aliphatic carbocycles. The lowest BCUT2D eigenvalue weighted by molar-refractivity contribution is -0.124. The van der Waals surface area contributed by atoms with Gasteiger partial charge in [0.05, 0.1) is 13.2 Å². The zero-order chi connectivity index (χ0) is 50.3. The molecule has 2 aromatic heterocycles. The number of likely N-dealkylation sites (N-methyl/N-ethyl adjacent to an activating group) is 2. The first-order valence-corrected chi connectivity index (χ1v) is 24.4. The fraction of sp³-hybridized carbons (Fsp3) is 0.500. The number of nitrogens with one attached hydrogen (secondary N) is 5. The maximum atomic E-state index is 12.9. The van der Waals surface area contributed by atoms with Gasteiger partial charge in [0.15, 0.2) is 11.5 Å². The van der Waals surface area contributed by atoms with Crippen LogP contribution in [-0.2, 0) is 32.2 Å². The zero-order valence-electron chi connectivity index (χ0n) is 40.8. The lowest BCUT2D eigenvalue weighted by Gasteiger charge is -2.29. The predicted molar refractivity (Wildman–Crippen MR) is 265 cm³/mol. The van der Waals surface area contributed by atoms with E-state index in [0.717, 1.165) is 73.6 Å². The lowest BCUT2D eigenvalue weighted by Crippen LogP contribution is -2.50. The highest BCUT2D eigenvalue weighted by Gasteiger charge is 2.33. The Morgan fingerprint density at radius 1 is 0.623 bits per heavy atom. The van der Waals surface area contributed by atoms with E-state index < -0.39 is 29.5 Å². The quantitative estimate of drug-likeness (QED) is 0.0546. The number of rotatable bonds is 17. The van der Waals surface area contributed by atoms with E-state index in [2.05, 4.69) is 31.3 Å². The Balaban J connectivity index is 0.000000264. The number of carbonyl (C=O) groups is 6. The van der Waals surface area contributed by atoms with Gasteiger partial charge >= 0.3 is 11.5 Å². The second-order valence-corrected chi connectivity index (χ2v) is 18.5. The molecule has 0 bridgehead atoms. The van der Waals surface area contributed by atoms with E-state index >= 15 is 0 Å². The molecule has 376 valence electrons. The van der Waals surface area contributed by atoms with Crippen molar-refractivity contribution >= 4 is 46.8 Å². The van der Waals surface area contributed by atoms with Crippen molar-refractivity contribution in [3.8, 4) is 22.6 Å². The van der Waals surface area contributed by atoms with Gasteiger partial charge in [-0.15, -0.1) is 0 Å². The molecule has 0 radical (unpaired) electrons.